The summed E-state index contributed by atoms with van der Waals surface area (Å²) in [6.07, 6.45) is -8.49. The fourth-order valence-corrected chi connectivity index (χ4v) is 9.51. The molecule has 5 N–H and O–H groups in total. The summed E-state index contributed by atoms with van der Waals surface area (Å²) in [5, 5.41) is 55.8. The van der Waals surface area contributed by atoms with E-state index in [-0.39, 0.29) is 31.7 Å². The molecule has 0 radical (unpaired) electrons. The van der Waals surface area contributed by atoms with Crippen LogP contribution in [0.2, 0.25) is 0 Å². The van der Waals surface area contributed by atoms with Crippen molar-refractivity contribution in [3.63, 3.8) is 0 Å². The summed E-state index contributed by atoms with van der Waals surface area (Å²) >= 11 is 0. The van der Waals surface area contributed by atoms with Crippen molar-refractivity contribution in [1.82, 2.24) is 4.90 Å². The Balaban J connectivity index is 1.62. The van der Waals surface area contributed by atoms with Gasteiger partial charge >= 0.3 is 5.97 Å². The van der Waals surface area contributed by atoms with Crippen LogP contribution in [0.25, 0.3) is 0 Å². The third-order valence-corrected chi connectivity index (χ3v) is 13.4. The predicted octanol–water partition coefficient (Wildman–Crippen LogP) is 1.83. The molecule has 0 spiro atoms. The maximum atomic E-state index is 13.8. The van der Waals surface area contributed by atoms with Crippen LogP contribution in [0.1, 0.15) is 87.5 Å². The average molecular weight is 916 g/mol. The van der Waals surface area contributed by atoms with Gasteiger partial charge in [-0.15, -0.1) is 0 Å². The minimum absolute atomic E-state index is 0.00788. The van der Waals surface area contributed by atoms with E-state index < -0.39 is 140 Å². The molecule has 21 atom stereocenters. The lowest BCUT2D eigenvalue weighted by Crippen LogP contribution is -2.65. The van der Waals surface area contributed by atoms with E-state index in [1.807, 2.05) is 19.9 Å². The number of cyclic esters (lactones) is 1. The minimum atomic E-state index is -1.49. The molecule has 0 aromatic heterocycles. The monoisotopic (exact) mass is 916 g/mol. The molecule has 0 saturated carbocycles. The number of methoxy groups -OCH3 is 2. The van der Waals surface area contributed by atoms with E-state index in [2.05, 4.69) is 0 Å². The van der Waals surface area contributed by atoms with Gasteiger partial charge in [0.2, 0.25) is 0 Å². The Hall–Kier alpha value is -2.27. The first-order valence-electron chi connectivity index (χ1n) is 22.7. The molecule has 4 heterocycles. The SMILES string of the molecule is CC[C@H]1OC(=O)C[C@@H](O)[C@H](C)[C@@H](O[C@@H]2O[C@H](C)[C@@H](OC3C[C@@](C)(O)[C@@H](O)[C@H](C)O3)[C@H](N(C)C)[C@H]2O)[C@@H](CC=O)C[C@@H](C)C(=O)/C=C/C(C)=C/[C@@H]1CO[C@@H]1O[C@H](C)[C@@H](O)[C@@H](OC)[C@H]1OC. The first-order valence-corrected chi connectivity index (χ1v) is 22.7. The van der Waals surface area contributed by atoms with Crippen molar-refractivity contribution in [1.29, 1.82) is 0 Å². The van der Waals surface area contributed by atoms with Gasteiger partial charge in [0.05, 0.1) is 55.2 Å². The number of nitrogens with zero attached hydrogens (tertiary/aromatic N) is 1. The van der Waals surface area contributed by atoms with Crippen LogP contribution in [0.15, 0.2) is 23.8 Å². The molecule has 0 amide bonds. The van der Waals surface area contributed by atoms with Crippen LogP contribution >= 0.6 is 0 Å². The normalized spacial score (nSPS) is 45.9. The number of aliphatic hydroxyl groups excluding tert-OH is 4. The Morgan fingerprint density at radius 2 is 1.52 bits per heavy atom. The number of ether oxygens (including phenoxy) is 9. The molecule has 18 heteroatoms. The Kier molecular flexibility index (Phi) is 20.5. The van der Waals surface area contributed by atoms with Crippen molar-refractivity contribution in [2.75, 3.05) is 34.9 Å². The van der Waals surface area contributed by atoms with Crippen LogP contribution in [0.5, 0.6) is 0 Å². The molecule has 0 bridgehead atoms. The zero-order chi connectivity index (χ0) is 47.8. The second kappa shape index (κ2) is 24.1. The number of esters is 1. The van der Waals surface area contributed by atoms with Gasteiger partial charge in [-0.2, -0.15) is 0 Å². The molecule has 368 valence electrons. The van der Waals surface area contributed by atoms with E-state index >= 15 is 0 Å². The number of carbonyl (C=O) groups excluding carboxylic acids is 3. The average Bonchev–Trinajstić information content (AvgIpc) is 3.23. The van der Waals surface area contributed by atoms with Crippen molar-refractivity contribution in [2.24, 2.45) is 23.7 Å². The molecule has 4 rings (SSSR count). The van der Waals surface area contributed by atoms with Crippen molar-refractivity contribution < 1.29 is 82.5 Å². The van der Waals surface area contributed by atoms with E-state index in [0.717, 1.165) is 6.29 Å². The molecule has 0 aromatic rings. The Labute approximate surface area is 378 Å². The van der Waals surface area contributed by atoms with Crippen molar-refractivity contribution >= 4 is 18.0 Å². The smallest absolute Gasteiger partial charge is 0.308 e. The number of aldehydes is 1. The van der Waals surface area contributed by atoms with Crippen LogP contribution in [-0.4, -0.2) is 187 Å². The molecule has 0 aromatic carbocycles. The van der Waals surface area contributed by atoms with Crippen molar-refractivity contribution in [2.45, 2.75) is 191 Å². The molecule has 1 unspecified atom stereocenters. The maximum absolute atomic E-state index is 13.8. The summed E-state index contributed by atoms with van der Waals surface area (Å²) in [6.45, 7) is 13.6. The number of carbonyl (C=O) groups is 3. The third kappa shape index (κ3) is 13.5. The molecule has 18 nitrogen and oxygen atoms in total. The third-order valence-electron chi connectivity index (χ3n) is 13.4. The van der Waals surface area contributed by atoms with Crippen molar-refractivity contribution in [3.05, 3.63) is 23.8 Å². The molecule has 64 heavy (non-hydrogen) atoms. The number of aliphatic hydroxyl groups is 5. The Bertz CT molecular complexity index is 1560. The van der Waals surface area contributed by atoms with Crippen molar-refractivity contribution in [3.8, 4) is 0 Å². The van der Waals surface area contributed by atoms with Gasteiger partial charge in [-0.25, -0.2) is 0 Å². The van der Waals surface area contributed by atoms with Gasteiger partial charge in [-0.1, -0.05) is 38.5 Å². The van der Waals surface area contributed by atoms with Crippen LogP contribution in [0.3, 0.4) is 0 Å². The quantitative estimate of drug-likeness (QED) is 0.131. The Morgan fingerprint density at radius 3 is 2.11 bits per heavy atom. The standard InChI is InChI=1S/C46H77NO17/c1-13-33-30(22-58-45-42(57-12)41(56-11)37(52)26(5)60-45)18-23(2)14-15-31(49)24(3)19-29(16-17-48)39(25(4)32(50)20-34(51)62-33)64-44-38(53)36(47(9)10)40(27(6)61-44)63-35-21-46(8,55)43(54)28(7)59-35/h14-15,17-18,24-30,32-33,35-45,50,52-55H,13,16,19-22H2,1-12H3/b15-14+,23-18+/t24-,25+,26-,27-,28+,29+,30-,32-,33-,35?,36-,37-,38-,39-,40-,41-,42-,43+,44+,45-,46-/m1/s1. The summed E-state index contributed by atoms with van der Waals surface area (Å²) in [5.41, 5.74) is -0.806. The molecule has 0 aliphatic carbocycles. The molecule has 3 fully saturated rings. The number of ketones is 1. The molecule has 4 aliphatic heterocycles. The van der Waals surface area contributed by atoms with E-state index in [4.69, 9.17) is 42.6 Å². The number of hydrogen-bond acceptors (Lipinski definition) is 18. The Morgan fingerprint density at radius 1 is 0.859 bits per heavy atom. The first kappa shape index (κ1) is 54.3. The predicted molar refractivity (Wildman–Crippen MR) is 230 cm³/mol. The van der Waals surface area contributed by atoms with Gasteiger partial charge in [-0.3, -0.25) is 9.59 Å². The van der Waals surface area contributed by atoms with E-state index in [9.17, 15) is 39.9 Å². The highest BCUT2D eigenvalue weighted by Gasteiger charge is 2.52. The van der Waals surface area contributed by atoms with E-state index in [1.54, 1.807) is 59.7 Å². The zero-order valence-corrected chi connectivity index (χ0v) is 39.7. The summed E-state index contributed by atoms with van der Waals surface area (Å²) in [5.74, 6) is -3.59. The fourth-order valence-electron chi connectivity index (χ4n) is 9.51. The molecular weight excluding hydrogens is 838 g/mol. The van der Waals surface area contributed by atoms with Crippen LogP contribution in [-0.2, 0) is 57.0 Å². The number of hydrogen-bond donors (Lipinski definition) is 5. The van der Waals surface area contributed by atoms with Gasteiger partial charge in [0.25, 0.3) is 0 Å². The lowest BCUT2D eigenvalue weighted by Gasteiger charge is -2.50. The largest absolute Gasteiger partial charge is 0.462 e. The second-order valence-corrected chi connectivity index (χ2v) is 18.7. The van der Waals surface area contributed by atoms with Gasteiger partial charge in [0, 0.05) is 44.8 Å². The summed E-state index contributed by atoms with van der Waals surface area (Å²) in [4.78, 5) is 41.5. The van der Waals surface area contributed by atoms with E-state index in [1.165, 1.54) is 27.2 Å². The summed E-state index contributed by atoms with van der Waals surface area (Å²) in [7, 11) is 6.43. The molecule has 3 saturated heterocycles. The van der Waals surface area contributed by atoms with Gasteiger partial charge in [0.1, 0.15) is 49.0 Å². The highest BCUT2D eigenvalue weighted by atomic mass is 16.7. The van der Waals surface area contributed by atoms with E-state index in [0.29, 0.717) is 12.0 Å². The van der Waals surface area contributed by atoms with Gasteiger partial charge in [0.15, 0.2) is 24.7 Å². The van der Waals surface area contributed by atoms with Crippen LogP contribution < -0.4 is 0 Å². The van der Waals surface area contributed by atoms with Crippen LogP contribution in [0, 0.1) is 23.7 Å². The fraction of sp³-hybridized carbons (Fsp3) is 0.848. The molecular formula is C46H77NO17. The van der Waals surface area contributed by atoms with Crippen LogP contribution in [0.4, 0.5) is 0 Å². The first-order chi connectivity index (χ1) is 30.1. The van der Waals surface area contributed by atoms with Gasteiger partial charge < -0.3 is 77.9 Å². The minimum Gasteiger partial charge on any atom is -0.462 e. The number of likely N-dealkylation sites (N-methyl/N-ethyl adjacent to an activating group) is 1. The second-order valence-electron chi connectivity index (χ2n) is 18.7. The molecule has 4 aliphatic rings. The number of rotatable bonds is 13. The topological polar surface area (TPSA) is 239 Å². The van der Waals surface area contributed by atoms with Gasteiger partial charge in [-0.05, 0) is 73.5 Å². The summed E-state index contributed by atoms with van der Waals surface area (Å²) in [6, 6.07) is -0.748. The maximum Gasteiger partial charge on any atom is 0.308 e. The summed E-state index contributed by atoms with van der Waals surface area (Å²) < 4.78 is 54.7. The lowest BCUT2D eigenvalue weighted by molar-refractivity contribution is -0.341. The lowest BCUT2D eigenvalue weighted by atomic mass is 9.79. The zero-order valence-electron chi connectivity index (χ0n) is 39.7. The highest BCUT2D eigenvalue weighted by Crippen LogP contribution is 2.37. The highest BCUT2D eigenvalue weighted by molar-refractivity contribution is 5.91. The number of allylic oxidation sites excluding steroid dienone is 3.